The molecule has 0 aliphatic rings. The zero-order chi connectivity index (χ0) is 22.6. The van der Waals surface area contributed by atoms with Crippen molar-refractivity contribution in [2.75, 3.05) is 26.1 Å². The van der Waals surface area contributed by atoms with E-state index in [0.29, 0.717) is 34.7 Å². The Morgan fingerprint density at radius 3 is 2.26 bits per heavy atom. The van der Waals surface area contributed by atoms with E-state index in [1.54, 1.807) is 42.5 Å². The highest BCUT2D eigenvalue weighted by Gasteiger charge is 2.13. The Kier molecular flexibility index (Phi) is 9.55. The van der Waals surface area contributed by atoms with Crippen molar-refractivity contribution in [1.82, 2.24) is 0 Å². The van der Waals surface area contributed by atoms with E-state index in [1.807, 2.05) is 0 Å². The second-order valence-electron chi connectivity index (χ2n) is 7.03. The summed E-state index contributed by atoms with van der Waals surface area (Å²) >= 11 is 0. The van der Waals surface area contributed by atoms with Crippen LogP contribution in [0.15, 0.2) is 42.5 Å². The van der Waals surface area contributed by atoms with Crippen LogP contribution >= 0.6 is 0 Å². The van der Waals surface area contributed by atoms with E-state index in [9.17, 15) is 14.4 Å². The summed E-state index contributed by atoms with van der Waals surface area (Å²) in [6.07, 6.45) is 3.42. The molecule has 0 heterocycles. The van der Waals surface area contributed by atoms with E-state index in [1.165, 1.54) is 14.2 Å². The molecule has 2 rings (SSSR count). The summed E-state index contributed by atoms with van der Waals surface area (Å²) in [7, 11) is 3.05. The number of hydrogen-bond donors (Lipinski definition) is 1. The summed E-state index contributed by atoms with van der Waals surface area (Å²) in [5.74, 6) is 0.200. The summed E-state index contributed by atoms with van der Waals surface area (Å²) in [6.45, 7) is 1.73. The van der Waals surface area contributed by atoms with Gasteiger partial charge < -0.3 is 19.5 Å². The van der Waals surface area contributed by atoms with Gasteiger partial charge >= 0.3 is 5.97 Å². The highest BCUT2D eigenvalue weighted by atomic mass is 16.5. The zero-order valence-corrected chi connectivity index (χ0v) is 18.2. The predicted octanol–water partition coefficient (Wildman–Crippen LogP) is 4.19. The Labute approximate surface area is 182 Å². The van der Waals surface area contributed by atoms with E-state index in [0.717, 1.165) is 19.3 Å². The number of ether oxygens (including phenoxy) is 3. The van der Waals surface area contributed by atoms with Crippen LogP contribution in [0.3, 0.4) is 0 Å². The largest absolute Gasteiger partial charge is 0.493 e. The standard InChI is InChI=1S/C24H29NO6/c1-4-5-6-7-23(27)25-19-11-9-18(10-12-19)20(26)16-31-24(28)15-17-8-13-21(29-2)22(14-17)30-3/h8-14H,4-7,15-16H2,1-3H3,(H,25,27). The molecule has 0 atom stereocenters. The van der Waals surface area contributed by atoms with Gasteiger partial charge in [-0.3, -0.25) is 14.4 Å². The molecule has 7 nitrogen and oxygen atoms in total. The Hall–Kier alpha value is -3.35. The molecule has 0 aliphatic carbocycles. The van der Waals surface area contributed by atoms with Crippen molar-refractivity contribution in [3.05, 3.63) is 53.6 Å². The number of carbonyl (C=O) groups is 3. The molecule has 1 amide bonds. The average Bonchev–Trinajstić information content (AvgIpc) is 2.78. The monoisotopic (exact) mass is 427 g/mol. The first kappa shape index (κ1) is 23.9. The van der Waals surface area contributed by atoms with Crippen LogP contribution in [0.5, 0.6) is 11.5 Å². The van der Waals surface area contributed by atoms with Crippen molar-refractivity contribution < 1.29 is 28.6 Å². The molecule has 1 N–H and O–H groups in total. The molecule has 31 heavy (non-hydrogen) atoms. The Morgan fingerprint density at radius 1 is 0.903 bits per heavy atom. The van der Waals surface area contributed by atoms with Crippen molar-refractivity contribution in [2.24, 2.45) is 0 Å². The highest BCUT2D eigenvalue weighted by Crippen LogP contribution is 2.27. The van der Waals surface area contributed by atoms with E-state index < -0.39 is 5.97 Å². The molecular formula is C24H29NO6. The molecule has 0 aromatic heterocycles. The molecule has 0 radical (unpaired) electrons. The number of Topliss-reactive ketones (excluding diaryl/α,β-unsaturated/α-hetero) is 1. The van der Waals surface area contributed by atoms with Gasteiger partial charge in [0.25, 0.3) is 0 Å². The van der Waals surface area contributed by atoms with Gasteiger partial charge in [-0.2, -0.15) is 0 Å². The van der Waals surface area contributed by atoms with Gasteiger partial charge in [-0.05, 0) is 48.4 Å². The third-order valence-corrected chi connectivity index (χ3v) is 4.66. The number of esters is 1. The summed E-state index contributed by atoms with van der Waals surface area (Å²) in [4.78, 5) is 36.2. The molecule has 0 saturated heterocycles. The van der Waals surface area contributed by atoms with Crippen molar-refractivity contribution in [3.8, 4) is 11.5 Å². The predicted molar refractivity (Wildman–Crippen MR) is 118 cm³/mol. The summed E-state index contributed by atoms with van der Waals surface area (Å²) in [6, 6.07) is 11.7. The molecule has 7 heteroatoms. The van der Waals surface area contributed by atoms with Crippen LogP contribution in [0.4, 0.5) is 5.69 Å². The quantitative estimate of drug-likeness (QED) is 0.310. The Morgan fingerprint density at radius 2 is 1.61 bits per heavy atom. The fourth-order valence-electron chi connectivity index (χ4n) is 2.94. The van der Waals surface area contributed by atoms with E-state index in [-0.39, 0.29) is 24.7 Å². The number of hydrogen-bond acceptors (Lipinski definition) is 6. The lowest BCUT2D eigenvalue weighted by Gasteiger charge is -2.10. The van der Waals surface area contributed by atoms with Crippen LogP contribution in [0.2, 0.25) is 0 Å². The first-order valence-electron chi connectivity index (χ1n) is 10.3. The second-order valence-corrected chi connectivity index (χ2v) is 7.03. The van der Waals surface area contributed by atoms with E-state index in [2.05, 4.69) is 12.2 Å². The first-order valence-corrected chi connectivity index (χ1v) is 10.3. The minimum Gasteiger partial charge on any atom is -0.493 e. The molecule has 0 fully saturated rings. The molecule has 0 saturated carbocycles. The fraction of sp³-hybridized carbons (Fsp3) is 0.375. The first-order chi connectivity index (χ1) is 15.0. The van der Waals surface area contributed by atoms with E-state index >= 15 is 0 Å². The lowest BCUT2D eigenvalue weighted by molar-refractivity contribution is -0.141. The van der Waals surface area contributed by atoms with Crippen LogP contribution in [0.1, 0.15) is 48.5 Å². The number of carbonyl (C=O) groups excluding carboxylic acids is 3. The molecule has 0 aliphatic heterocycles. The SMILES string of the molecule is CCCCCC(=O)Nc1ccc(C(=O)COC(=O)Cc2ccc(OC)c(OC)c2)cc1. The number of ketones is 1. The number of amides is 1. The smallest absolute Gasteiger partial charge is 0.310 e. The van der Waals surface area contributed by atoms with E-state index in [4.69, 9.17) is 14.2 Å². The topological polar surface area (TPSA) is 90.9 Å². The maximum Gasteiger partial charge on any atom is 0.310 e. The van der Waals surface area contributed by atoms with Gasteiger partial charge in [0.1, 0.15) is 0 Å². The lowest BCUT2D eigenvalue weighted by atomic mass is 10.1. The number of benzene rings is 2. The Bertz CT molecular complexity index is 891. The minimum absolute atomic E-state index is 0.0106. The Balaban J connectivity index is 1.82. The van der Waals surface area contributed by atoms with Gasteiger partial charge in [-0.25, -0.2) is 0 Å². The van der Waals surface area contributed by atoms with Crippen molar-refractivity contribution in [2.45, 2.75) is 39.0 Å². The molecular weight excluding hydrogens is 398 g/mol. The van der Waals surface area contributed by atoms with Gasteiger partial charge in [-0.15, -0.1) is 0 Å². The normalized spacial score (nSPS) is 10.3. The number of anilines is 1. The number of nitrogens with one attached hydrogen (secondary N) is 1. The van der Waals surface area contributed by atoms with Crippen LogP contribution in [0, 0.1) is 0 Å². The molecule has 2 aromatic rings. The summed E-state index contributed by atoms with van der Waals surface area (Å²) < 4.78 is 15.5. The van der Waals surface area contributed by atoms with Gasteiger partial charge in [0, 0.05) is 17.7 Å². The van der Waals surface area contributed by atoms with Gasteiger partial charge in [0.05, 0.1) is 20.6 Å². The van der Waals surface area contributed by atoms with Crippen molar-refractivity contribution >= 4 is 23.3 Å². The van der Waals surface area contributed by atoms with Gasteiger partial charge in [-0.1, -0.05) is 25.8 Å². The highest BCUT2D eigenvalue weighted by molar-refractivity contribution is 5.99. The van der Waals surface area contributed by atoms with Gasteiger partial charge in [0.2, 0.25) is 5.91 Å². The third kappa shape index (κ3) is 7.77. The number of rotatable bonds is 12. The zero-order valence-electron chi connectivity index (χ0n) is 18.2. The summed E-state index contributed by atoms with van der Waals surface area (Å²) in [5, 5.41) is 2.81. The third-order valence-electron chi connectivity index (χ3n) is 4.66. The van der Waals surface area contributed by atoms with Gasteiger partial charge in [0.15, 0.2) is 23.9 Å². The lowest BCUT2D eigenvalue weighted by Crippen LogP contribution is -2.16. The van der Waals surface area contributed by atoms with Crippen LogP contribution < -0.4 is 14.8 Å². The second kappa shape index (κ2) is 12.4. The van der Waals surface area contributed by atoms with Crippen molar-refractivity contribution in [3.63, 3.8) is 0 Å². The van der Waals surface area contributed by atoms with Crippen LogP contribution in [0.25, 0.3) is 0 Å². The fourth-order valence-corrected chi connectivity index (χ4v) is 2.94. The molecule has 2 aromatic carbocycles. The van der Waals surface area contributed by atoms with Crippen LogP contribution in [-0.2, 0) is 20.7 Å². The minimum atomic E-state index is -0.517. The van der Waals surface area contributed by atoms with Crippen molar-refractivity contribution in [1.29, 1.82) is 0 Å². The van der Waals surface area contributed by atoms with Crippen LogP contribution in [-0.4, -0.2) is 38.5 Å². The molecule has 0 spiro atoms. The molecule has 0 bridgehead atoms. The number of unbranched alkanes of at least 4 members (excludes halogenated alkanes) is 2. The maximum atomic E-state index is 12.3. The molecule has 166 valence electrons. The maximum absolute atomic E-state index is 12.3. The summed E-state index contributed by atoms with van der Waals surface area (Å²) in [5.41, 5.74) is 1.72. The molecule has 0 unspecified atom stereocenters. The average molecular weight is 427 g/mol. The number of methoxy groups -OCH3 is 2.